The van der Waals surface area contributed by atoms with Crippen LogP contribution < -0.4 is 10.1 Å². The number of carbonyl (C=O) groups excluding carboxylic acids is 1. The van der Waals surface area contributed by atoms with E-state index in [4.69, 9.17) is 4.74 Å². The number of fused-ring (bicyclic) bond motifs is 1. The number of para-hydroxylation sites is 1. The molecule has 0 bridgehead atoms. The second-order valence-corrected chi connectivity index (χ2v) is 11.2. The fourth-order valence-corrected chi connectivity index (χ4v) is 5.93. The van der Waals surface area contributed by atoms with Crippen LogP contribution in [0.4, 0.5) is 0 Å². The quantitative estimate of drug-likeness (QED) is 0.485. The van der Waals surface area contributed by atoms with Crippen LogP contribution in [0, 0.1) is 0 Å². The molecule has 1 amide bonds. The van der Waals surface area contributed by atoms with Gasteiger partial charge in [-0.2, -0.15) is 4.31 Å². The number of imidazole rings is 1. The zero-order valence-electron chi connectivity index (χ0n) is 20.7. The smallest absolute Gasteiger partial charge is 0.243 e. The fraction of sp³-hybridized carbons (Fsp3) is 0.462. The highest BCUT2D eigenvalue weighted by atomic mass is 32.2. The number of carbonyl (C=O) groups is 1. The fourth-order valence-electron chi connectivity index (χ4n) is 4.39. The number of rotatable bonds is 9. The Hall–Kier alpha value is -2.91. The summed E-state index contributed by atoms with van der Waals surface area (Å²) in [6.45, 7) is 5.46. The van der Waals surface area contributed by atoms with Crippen LogP contribution in [0.25, 0.3) is 11.0 Å². The van der Waals surface area contributed by atoms with Crippen molar-refractivity contribution < 1.29 is 17.9 Å². The third kappa shape index (κ3) is 5.85. The monoisotopic (exact) mass is 498 g/mol. The average molecular weight is 499 g/mol. The Morgan fingerprint density at radius 1 is 1.11 bits per heavy atom. The zero-order valence-corrected chi connectivity index (χ0v) is 21.5. The molecule has 1 aromatic heterocycles. The molecule has 0 radical (unpaired) electrons. The number of piperidine rings is 1. The maximum absolute atomic E-state index is 13.0. The first-order chi connectivity index (χ1) is 16.8. The molecule has 0 unspecified atom stereocenters. The van der Waals surface area contributed by atoms with E-state index >= 15 is 0 Å². The van der Waals surface area contributed by atoms with Crippen molar-refractivity contribution in [3.05, 3.63) is 53.9 Å². The van der Waals surface area contributed by atoms with Crippen LogP contribution in [0.2, 0.25) is 0 Å². The number of benzene rings is 2. The lowest BCUT2D eigenvalue weighted by atomic mass is 10.2. The molecular formula is C26H34N4O4S. The van der Waals surface area contributed by atoms with Crippen LogP contribution in [-0.2, 0) is 34.8 Å². The molecule has 35 heavy (non-hydrogen) atoms. The Morgan fingerprint density at radius 2 is 1.86 bits per heavy atom. The lowest BCUT2D eigenvalue weighted by molar-refractivity contribution is -0.121. The maximum Gasteiger partial charge on any atom is 0.243 e. The first kappa shape index (κ1) is 25.2. The van der Waals surface area contributed by atoms with E-state index in [0.717, 1.165) is 41.9 Å². The van der Waals surface area contributed by atoms with Crippen molar-refractivity contribution in [2.75, 3.05) is 13.1 Å². The summed E-state index contributed by atoms with van der Waals surface area (Å²) in [6, 6.07) is 12.8. The van der Waals surface area contributed by atoms with Crippen molar-refractivity contribution in [2.45, 2.75) is 63.5 Å². The van der Waals surface area contributed by atoms with E-state index in [1.807, 2.05) is 49.7 Å². The third-order valence-corrected chi connectivity index (χ3v) is 8.18. The summed E-state index contributed by atoms with van der Waals surface area (Å²) < 4.78 is 35.4. The number of nitrogens with zero attached hydrogens (tertiary/aromatic N) is 3. The number of hydrogen-bond donors (Lipinski definition) is 1. The Labute approximate surface area is 207 Å². The number of sulfonamides is 1. The van der Waals surface area contributed by atoms with E-state index in [2.05, 4.69) is 10.3 Å². The number of nitrogens with one attached hydrogen (secondary N) is 1. The van der Waals surface area contributed by atoms with E-state index in [9.17, 15) is 13.2 Å². The minimum absolute atomic E-state index is 0.0553. The van der Waals surface area contributed by atoms with E-state index in [1.165, 1.54) is 0 Å². The number of aryl methyl sites for hydroxylation is 2. The van der Waals surface area contributed by atoms with Crippen LogP contribution in [0.1, 0.15) is 50.9 Å². The van der Waals surface area contributed by atoms with Crippen LogP contribution in [-0.4, -0.2) is 47.4 Å². The average Bonchev–Trinajstić information content (AvgIpc) is 3.17. The van der Waals surface area contributed by atoms with E-state index in [1.54, 1.807) is 22.5 Å². The maximum atomic E-state index is 13.0. The van der Waals surface area contributed by atoms with Crippen molar-refractivity contribution in [2.24, 2.45) is 7.05 Å². The van der Waals surface area contributed by atoms with Gasteiger partial charge in [-0.3, -0.25) is 4.79 Å². The molecule has 1 aliphatic rings. The van der Waals surface area contributed by atoms with Gasteiger partial charge in [-0.1, -0.05) is 24.6 Å². The summed E-state index contributed by atoms with van der Waals surface area (Å²) in [5.41, 5.74) is 2.40. The van der Waals surface area contributed by atoms with Gasteiger partial charge in [0.1, 0.15) is 11.6 Å². The molecule has 0 aliphatic carbocycles. The molecule has 8 nitrogen and oxygen atoms in total. The Morgan fingerprint density at radius 3 is 2.60 bits per heavy atom. The van der Waals surface area contributed by atoms with Gasteiger partial charge in [0.25, 0.3) is 0 Å². The van der Waals surface area contributed by atoms with Crippen molar-refractivity contribution in [1.82, 2.24) is 19.2 Å². The largest absolute Gasteiger partial charge is 0.491 e. The number of amides is 1. The molecule has 0 saturated carbocycles. The zero-order chi connectivity index (χ0) is 25.0. The van der Waals surface area contributed by atoms with E-state index < -0.39 is 10.0 Å². The van der Waals surface area contributed by atoms with Gasteiger partial charge in [0.05, 0.1) is 22.0 Å². The third-order valence-electron chi connectivity index (χ3n) is 6.28. The highest BCUT2D eigenvalue weighted by Gasteiger charge is 2.26. The van der Waals surface area contributed by atoms with Crippen LogP contribution in [0.3, 0.4) is 0 Å². The van der Waals surface area contributed by atoms with Crippen molar-refractivity contribution in [3.63, 3.8) is 0 Å². The lowest BCUT2D eigenvalue weighted by Crippen LogP contribution is -2.35. The van der Waals surface area contributed by atoms with Crippen LogP contribution in [0.5, 0.6) is 5.75 Å². The number of ether oxygens (including phenoxy) is 1. The summed E-state index contributed by atoms with van der Waals surface area (Å²) in [6.07, 6.45) is 3.65. The van der Waals surface area contributed by atoms with Gasteiger partial charge in [-0.25, -0.2) is 13.4 Å². The van der Waals surface area contributed by atoms with Gasteiger partial charge in [0.15, 0.2) is 0 Å². The van der Waals surface area contributed by atoms with Crippen molar-refractivity contribution in [3.8, 4) is 5.75 Å². The molecule has 0 atom stereocenters. The van der Waals surface area contributed by atoms with Crippen molar-refractivity contribution >= 4 is 27.0 Å². The van der Waals surface area contributed by atoms with Gasteiger partial charge in [-0.15, -0.1) is 0 Å². The molecule has 1 saturated heterocycles. The number of aromatic nitrogens is 2. The summed E-state index contributed by atoms with van der Waals surface area (Å²) in [7, 11) is -1.63. The predicted molar refractivity (Wildman–Crippen MR) is 136 cm³/mol. The molecule has 188 valence electrons. The normalized spacial score (nSPS) is 15.0. The SMILES string of the molecule is CC(C)Oc1ccccc1CNC(=O)CCc1nc2cc(S(=O)(=O)N3CCCCC3)ccc2n1C. The standard InChI is InChI=1S/C26H34N4O4S/c1-19(2)34-24-10-6-5-9-20(24)18-27-26(31)14-13-25-28-22-17-21(11-12-23(22)29(25)3)35(32,33)30-15-7-4-8-16-30/h5-6,9-12,17,19H,4,7-8,13-16,18H2,1-3H3,(H,27,31). The molecule has 3 aromatic rings. The molecule has 2 aromatic carbocycles. The highest BCUT2D eigenvalue weighted by molar-refractivity contribution is 7.89. The second kappa shape index (κ2) is 10.8. The van der Waals surface area contributed by atoms with Gasteiger partial charge in [-0.05, 0) is 51.0 Å². The highest BCUT2D eigenvalue weighted by Crippen LogP contribution is 2.25. The van der Waals surface area contributed by atoms with Gasteiger partial charge in [0.2, 0.25) is 15.9 Å². The Kier molecular flexibility index (Phi) is 7.76. The Balaban J connectivity index is 1.41. The van der Waals surface area contributed by atoms with E-state index in [0.29, 0.717) is 31.6 Å². The molecule has 9 heteroatoms. The summed E-state index contributed by atoms with van der Waals surface area (Å²) in [5, 5.41) is 2.96. The summed E-state index contributed by atoms with van der Waals surface area (Å²) >= 11 is 0. The molecule has 0 spiro atoms. The first-order valence-electron chi connectivity index (χ1n) is 12.2. The molecule has 1 N–H and O–H groups in total. The molecule has 1 fully saturated rings. The summed E-state index contributed by atoms with van der Waals surface area (Å²) in [5.74, 6) is 1.43. The predicted octanol–water partition coefficient (Wildman–Crippen LogP) is 3.78. The topological polar surface area (TPSA) is 93.5 Å². The molecular weight excluding hydrogens is 464 g/mol. The number of hydrogen-bond acceptors (Lipinski definition) is 5. The Bertz CT molecular complexity index is 1290. The lowest BCUT2D eigenvalue weighted by Gasteiger charge is -2.25. The first-order valence-corrected chi connectivity index (χ1v) is 13.7. The van der Waals surface area contributed by atoms with E-state index in [-0.39, 0.29) is 23.3 Å². The van der Waals surface area contributed by atoms with Gasteiger partial charge >= 0.3 is 0 Å². The van der Waals surface area contributed by atoms with Gasteiger partial charge in [0, 0.05) is 45.1 Å². The van der Waals surface area contributed by atoms with Crippen LogP contribution in [0.15, 0.2) is 47.4 Å². The minimum atomic E-state index is -3.52. The van der Waals surface area contributed by atoms with Crippen LogP contribution >= 0.6 is 0 Å². The van der Waals surface area contributed by atoms with Gasteiger partial charge < -0.3 is 14.6 Å². The molecule has 1 aliphatic heterocycles. The second-order valence-electron chi connectivity index (χ2n) is 9.25. The van der Waals surface area contributed by atoms with Crippen molar-refractivity contribution in [1.29, 1.82) is 0 Å². The molecule has 4 rings (SSSR count). The summed E-state index contributed by atoms with van der Waals surface area (Å²) in [4.78, 5) is 17.5. The minimum Gasteiger partial charge on any atom is -0.491 e. The molecule has 2 heterocycles.